The zero-order chi connectivity index (χ0) is 30.9. The summed E-state index contributed by atoms with van der Waals surface area (Å²) in [6, 6.07) is 27.5. The summed E-state index contributed by atoms with van der Waals surface area (Å²) in [6.45, 7) is 0. The second-order valence-electron chi connectivity index (χ2n) is 11.5. The topological polar surface area (TPSA) is 98.1 Å². The van der Waals surface area contributed by atoms with E-state index in [-0.39, 0.29) is 23.0 Å². The number of fused-ring (bicyclic) bond motifs is 7. The van der Waals surface area contributed by atoms with Crippen LogP contribution in [0.3, 0.4) is 0 Å². The lowest BCUT2D eigenvalue weighted by atomic mass is 9.63. The van der Waals surface area contributed by atoms with Gasteiger partial charge in [-0.15, -0.1) is 0 Å². The largest absolute Gasteiger partial charge is 0.497 e. The summed E-state index contributed by atoms with van der Waals surface area (Å²) in [6.07, 6.45) is 3.76. The van der Waals surface area contributed by atoms with Gasteiger partial charge >= 0.3 is 0 Å². The van der Waals surface area contributed by atoms with Crippen molar-refractivity contribution in [2.24, 2.45) is 5.92 Å². The maximum atomic E-state index is 15.1. The van der Waals surface area contributed by atoms with E-state index >= 15 is 9.59 Å². The van der Waals surface area contributed by atoms with Crippen LogP contribution >= 0.6 is 0 Å². The molecule has 0 radical (unpaired) electrons. The predicted molar refractivity (Wildman–Crippen MR) is 169 cm³/mol. The molecule has 4 unspecified atom stereocenters. The van der Waals surface area contributed by atoms with Gasteiger partial charge in [0.05, 0.1) is 31.7 Å². The van der Waals surface area contributed by atoms with Gasteiger partial charge in [0.15, 0.2) is 11.5 Å². The molecule has 5 aromatic rings. The number of hydrogen-bond acceptors (Lipinski definition) is 7. The highest BCUT2D eigenvalue weighted by Gasteiger charge is 2.71. The highest BCUT2D eigenvalue weighted by Crippen LogP contribution is 2.62. The summed E-state index contributed by atoms with van der Waals surface area (Å²) in [5.74, 6) is -1.43. The van der Waals surface area contributed by atoms with Gasteiger partial charge in [0, 0.05) is 17.3 Å². The van der Waals surface area contributed by atoms with E-state index in [4.69, 9.17) is 13.9 Å². The molecule has 3 aliphatic heterocycles. The fourth-order valence-electron chi connectivity index (χ4n) is 7.59. The number of carbonyl (C=O) groups excluding carboxylic acids is 3. The average Bonchev–Trinajstić information content (AvgIpc) is 3.74. The summed E-state index contributed by atoms with van der Waals surface area (Å²) in [5.41, 5.74) is 2.37. The third-order valence-corrected chi connectivity index (χ3v) is 9.46. The molecule has 0 bridgehead atoms. The lowest BCUT2D eigenvalue weighted by Gasteiger charge is -2.38. The Labute approximate surface area is 258 Å². The normalized spacial score (nSPS) is 22.6. The van der Waals surface area contributed by atoms with E-state index in [1.54, 1.807) is 30.3 Å². The molecule has 4 heterocycles. The summed E-state index contributed by atoms with van der Waals surface area (Å²) >= 11 is 0. The third kappa shape index (κ3) is 3.68. The standard InChI is InChI=1S/C37H28N2O6/c1-43-23-15-16-29(44-2)25(20-23)33(40)32-31(34(41)30-19-22-10-4-8-14-28(22)45-30)37(26-12-6-7-13-27(26)38-36(37)42)35-24-11-5-3-9-21(24)17-18-39(32)35/h3-20,31-32,35H,1-2H3,(H,38,42). The Morgan fingerprint density at radius 3 is 2.47 bits per heavy atom. The van der Waals surface area contributed by atoms with Crippen molar-refractivity contribution >= 4 is 40.2 Å². The molecule has 4 aromatic carbocycles. The molecule has 1 saturated heterocycles. The number of nitrogens with zero attached hydrogens (tertiary/aromatic N) is 1. The quantitative estimate of drug-likeness (QED) is 0.226. The SMILES string of the molecule is COc1ccc(OC)c(C(=O)C2C(C(=O)c3cc4ccccc4o3)C3(C(=O)Nc4ccccc43)C3c4ccccc4C=CN23)c1. The molecule has 4 atom stereocenters. The number of carbonyl (C=O) groups is 3. The van der Waals surface area contributed by atoms with Crippen LogP contribution in [0.5, 0.6) is 11.5 Å². The predicted octanol–water partition coefficient (Wildman–Crippen LogP) is 6.43. The fraction of sp³-hybridized carbons (Fsp3) is 0.162. The number of furan rings is 1. The van der Waals surface area contributed by atoms with Gasteiger partial charge in [-0.2, -0.15) is 0 Å². The van der Waals surface area contributed by atoms with Gasteiger partial charge in [-0.25, -0.2) is 0 Å². The van der Waals surface area contributed by atoms with E-state index in [0.717, 1.165) is 16.5 Å². The Bertz CT molecular complexity index is 2050. The van der Waals surface area contributed by atoms with Crippen LogP contribution in [0.4, 0.5) is 5.69 Å². The van der Waals surface area contributed by atoms with Crippen molar-refractivity contribution in [2.45, 2.75) is 17.5 Å². The molecule has 0 saturated carbocycles. The number of Topliss-reactive ketones (excluding diaryl/α,β-unsaturated/α-hetero) is 2. The van der Waals surface area contributed by atoms with E-state index in [9.17, 15) is 4.79 Å². The molecule has 1 amide bonds. The number of benzene rings is 4. The first kappa shape index (κ1) is 27.0. The van der Waals surface area contributed by atoms with Crippen LogP contribution in [0.15, 0.2) is 108 Å². The fourth-order valence-corrected chi connectivity index (χ4v) is 7.59. The molecule has 1 fully saturated rings. The van der Waals surface area contributed by atoms with Crippen molar-refractivity contribution in [1.82, 2.24) is 4.90 Å². The number of para-hydroxylation sites is 2. The molecule has 8 heteroatoms. The number of rotatable bonds is 6. The van der Waals surface area contributed by atoms with E-state index in [1.165, 1.54) is 14.2 Å². The van der Waals surface area contributed by atoms with Crippen LogP contribution in [-0.4, -0.2) is 42.6 Å². The molecule has 45 heavy (non-hydrogen) atoms. The lowest BCUT2D eigenvalue weighted by molar-refractivity contribution is -0.122. The van der Waals surface area contributed by atoms with Gasteiger partial charge < -0.3 is 24.1 Å². The first-order chi connectivity index (χ1) is 22.0. The first-order valence-electron chi connectivity index (χ1n) is 14.7. The molecule has 222 valence electrons. The molecule has 8 nitrogen and oxygen atoms in total. The summed E-state index contributed by atoms with van der Waals surface area (Å²) < 4.78 is 17.2. The molecule has 8 rings (SSSR count). The number of hydrogen-bond donors (Lipinski definition) is 1. The zero-order valence-corrected chi connectivity index (χ0v) is 24.5. The minimum absolute atomic E-state index is 0.0882. The van der Waals surface area contributed by atoms with Crippen molar-refractivity contribution in [3.63, 3.8) is 0 Å². The van der Waals surface area contributed by atoms with Gasteiger partial charge in [0.2, 0.25) is 11.7 Å². The van der Waals surface area contributed by atoms with Crippen LogP contribution in [0.25, 0.3) is 17.0 Å². The van der Waals surface area contributed by atoms with Crippen molar-refractivity contribution in [3.8, 4) is 11.5 Å². The highest BCUT2D eigenvalue weighted by atomic mass is 16.5. The van der Waals surface area contributed by atoms with Crippen molar-refractivity contribution in [1.29, 1.82) is 0 Å². The maximum Gasteiger partial charge on any atom is 0.238 e. The lowest BCUT2D eigenvalue weighted by Crippen LogP contribution is -2.49. The van der Waals surface area contributed by atoms with E-state index in [2.05, 4.69) is 5.32 Å². The van der Waals surface area contributed by atoms with Crippen LogP contribution < -0.4 is 14.8 Å². The second kappa shape index (κ2) is 9.95. The number of ether oxygens (including phenoxy) is 2. The van der Waals surface area contributed by atoms with Crippen molar-refractivity contribution in [3.05, 3.63) is 131 Å². The molecule has 3 aliphatic rings. The molecule has 1 N–H and O–H groups in total. The first-order valence-corrected chi connectivity index (χ1v) is 14.7. The van der Waals surface area contributed by atoms with Crippen molar-refractivity contribution in [2.75, 3.05) is 19.5 Å². The Morgan fingerprint density at radius 2 is 1.64 bits per heavy atom. The third-order valence-electron chi connectivity index (χ3n) is 9.46. The minimum Gasteiger partial charge on any atom is -0.497 e. The van der Waals surface area contributed by atoms with Crippen LogP contribution in [0.1, 0.15) is 43.6 Å². The van der Waals surface area contributed by atoms with E-state index in [0.29, 0.717) is 28.3 Å². The number of amides is 1. The number of methoxy groups -OCH3 is 2. The Kier molecular flexibility index (Phi) is 5.96. The maximum absolute atomic E-state index is 15.1. The summed E-state index contributed by atoms with van der Waals surface area (Å²) in [5, 5.41) is 3.82. The highest BCUT2D eigenvalue weighted by molar-refractivity contribution is 6.17. The van der Waals surface area contributed by atoms with Gasteiger partial charge in [-0.1, -0.05) is 60.7 Å². The monoisotopic (exact) mass is 596 g/mol. The Balaban J connectivity index is 1.43. The Hall–Kier alpha value is -5.63. The zero-order valence-electron chi connectivity index (χ0n) is 24.5. The number of nitrogens with one attached hydrogen (secondary N) is 1. The van der Waals surface area contributed by atoms with Crippen molar-refractivity contribution < 1.29 is 28.3 Å². The van der Waals surface area contributed by atoms with E-state index in [1.807, 2.05) is 83.9 Å². The van der Waals surface area contributed by atoms with Gasteiger partial charge in [0.1, 0.15) is 28.5 Å². The van der Waals surface area contributed by atoms with Gasteiger partial charge in [0.25, 0.3) is 0 Å². The minimum atomic E-state index is -1.47. The summed E-state index contributed by atoms with van der Waals surface area (Å²) in [7, 11) is 3.01. The van der Waals surface area contributed by atoms with Gasteiger partial charge in [-0.3, -0.25) is 14.4 Å². The second-order valence-corrected chi connectivity index (χ2v) is 11.5. The Morgan fingerprint density at radius 1 is 0.867 bits per heavy atom. The molecule has 1 aromatic heterocycles. The molecular weight excluding hydrogens is 568 g/mol. The van der Waals surface area contributed by atoms with Crippen LogP contribution in [-0.2, 0) is 10.2 Å². The molecular formula is C37H28N2O6. The number of anilines is 1. The number of ketones is 2. The van der Waals surface area contributed by atoms with E-state index < -0.39 is 29.2 Å². The smallest absolute Gasteiger partial charge is 0.238 e. The molecule has 1 spiro atoms. The summed E-state index contributed by atoms with van der Waals surface area (Å²) in [4.78, 5) is 46.6. The van der Waals surface area contributed by atoms with Crippen LogP contribution in [0.2, 0.25) is 0 Å². The molecule has 0 aliphatic carbocycles. The van der Waals surface area contributed by atoms with Crippen LogP contribution in [0, 0.1) is 5.92 Å². The average molecular weight is 597 g/mol. The van der Waals surface area contributed by atoms with Gasteiger partial charge in [-0.05, 0) is 59.2 Å².